The molecule has 0 amide bonds. The number of carbonyl (C=O) groups is 1. The quantitative estimate of drug-likeness (QED) is 0.861. The molecular weight excluding hydrogens is 275 g/mol. The van der Waals surface area contributed by atoms with Gasteiger partial charge in [-0.1, -0.05) is 0 Å². The third kappa shape index (κ3) is 2.26. The van der Waals surface area contributed by atoms with E-state index in [0.29, 0.717) is 5.75 Å². The van der Waals surface area contributed by atoms with Crippen LogP contribution in [0.5, 0.6) is 11.5 Å². The van der Waals surface area contributed by atoms with Gasteiger partial charge in [0.2, 0.25) is 0 Å². The van der Waals surface area contributed by atoms with Crippen molar-refractivity contribution in [1.82, 2.24) is 4.98 Å². The number of nitrogens with zero attached hydrogens (tertiary/aromatic N) is 1. The normalized spacial score (nSPS) is 11.7. The fourth-order valence-electron chi connectivity index (χ4n) is 1.91. The Hall–Kier alpha value is -2.31. The van der Waals surface area contributed by atoms with Crippen molar-refractivity contribution in [2.45, 2.75) is 13.1 Å². The second kappa shape index (κ2) is 4.66. The maximum atomic E-state index is 12.8. The second-order valence-corrected chi connectivity index (χ2v) is 4.12. The molecule has 1 heterocycles. The molecule has 0 atom stereocenters. The van der Waals surface area contributed by atoms with Crippen molar-refractivity contribution in [2.75, 3.05) is 7.11 Å². The monoisotopic (exact) mass is 285 g/mol. The first-order valence-corrected chi connectivity index (χ1v) is 5.54. The molecule has 0 radical (unpaired) electrons. The van der Waals surface area contributed by atoms with Crippen LogP contribution in [0.25, 0.3) is 10.9 Å². The molecule has 2 rings (SSSR count). The van der Waals surface area contributed by atoms with Gasteiger partial charge in [0.15, 0.2) is 17.2 Å². The molecule has 0 aliphatic rings. The lowest BCUT2D eigenvalue weighted by atomic mass is 10.0. The molecule has 1 N–H and O–H groups in total. The summed E-state index contributed by atoms with van der Waals surface area (Å²) in [5.41, 5.74) is -1.93. The Morgan fingerprint density at radius 3 is 2.50 bits per heavy atom. The van der Waals surface area contributed by atoms with E-state index in [9.17, 15) is 23.1 Å². The topological polar surface area (TPSA) is 59.4 Å². The summed E-state index contributed by atoms with van der Waals surface area (Å²) in [6, 6.07) is 4.09. The van der Waals surface area contributed by atoms with Gasteiger partial charge in [0.25, 0.3) is 0 Å². The number of benzene rings is 1. The number of alkyl halides is 3. The number of ether oxygens (including phenoxy) is 1. The molecule has 0 saturated heterocycles. The predicted molar refractivity (Wildman–Crippen MR) is 65.0 cm³/mol. The van der Waals surface area contributed by atoms with E-state index in [2.05, 4.69) is 4.98 Å². The molecular formula is C13H10F3NO3. The molecule has 20 heavy (non-hydrogen) atoms. The number of fused-ring (bicyclic) bond motifs is 1. The van der Waals surface area contributed by atoms with E-state index in [1.807, 2.05) is 0 Å². The summed E-state index contributed by atoms with van der Waals surface area (Å²) in [4.78, 5) is 14.9. The standard InChI is InChI=1S/C13H10F3NO3/c1-6(18)10-8-5-7(20-2)3-4-9(8)17-12(11(10)19)13(14,15)16/h3-5,19H,1-2H3. The Morgan fingerprint density at radius 1 is 1.35 bits per heavy atom. The predicted octanol–water partition coefficient (Wildman–Crippen LogP) is 3.17. The lowest BCUT2D eigenvalue weighted by molar-refractivity contribution is -0.142. The zero-order chi connectivity index (χ0) is 15.1. The Labute approximate surface area is 111 Å². The van der Waals surface area contributed by atoms with Crippen LogP contribution in [-0.4, -0.2) is 23.0 Å². The maximum absolute atomic E-state index is 12.8. The molecule has 106 valence electrons. The molecule has 1 aromatic carbocycles. The number of halogens is 3. The Morgan fingerprint density at radius 2 is 2.00 bits per heavy atom. The van der Waals surface area contributed by atoms with Gasteiger partial charge in [-0.15, -0.1) is 0 Å². The largest absolute Gasteiger partial charge is 0.505 e. The molecule has 0 fully saturated rings. The van der Waals surface area contributed by atoms with E-state index in [1.54, 1.807) is 0 Å². The Kier molecular flexibility index (Phi) is 3.29. The van der Waals surface area contributed by atoms with Gasteiger partial charge in [0.1, 0.15) is 5.75 Å². The van der Waals surface area contributed by atoms with Crippen LogP contribution >= 0.6 is 0 Å². The SMILES string of the molecule is COc1ccc2nc(C(F)(F)F)c(O)c(C(C)=O)c2c1. The minimum Gasteiger partial charge on any atom is -0.505 e. The van der Waals surface area contributed by atoms with Crippen LogP contribution < -0.4 is 4.74 Å². The number of methoxy groups -OCH3 is 1. The van der Waals surface area contributed by atoms with Crippen molar-refractivity contribution in [1.29, 1.82) is 0 Å². The average Bonchev–Trinajstić information content (AvgIpc) is 2.35. The van der Waals surface area contributed by atoms with Crippen LogP contribution in [0.1, 0.15) is 23.0 Å². The highest BCUT2D eigenvalue weighted by atomic mass is 19.4. The van der Waals surface area contributed by atoms with Crippen molar-refractivity contribution in [3.63, 3.8) is 0 Å². The number of aromatic hydroxyl groups is 1. The highest BCUT2D eigenvalue weighted by Gasteiger charge is 2.38. The number of hydrogen-bond acceptors (Lipinski definition) is 4. The van der Waals surface area contributed by atoms with E-state index < -0.39 is 29.0 Å². The van der Waals surface area contributed by atoms with Gasteiger partial charge >= 0.3 is 6.18 Å². The van der Waals surface area contributed by atoms with Gasteiger partial charge in [-0.05, 0) is 25.1 Å². The second-order valence-electron chi connectivity index (χ2n) is 4.12. The molecule has 0 saturated carbocycles. The summed E-state index contributed by atoms with van der Waals surface area (Å²) in [5, 5.41) is 9.83. The number of aromatic nitrogens is 1. The van der Waals surface area contributed by atoms with E-state index >= 15 is 0 Å². The third-order valence-corrected chi connectivity index (χ3v) is 2.79. The Bertz CT molecular complexity index is 695. The fraction of sp³-hybridized carbons (Fsp3) is 0.231. The summed E-state index contributed by atoms with van der Waals surface area (Å²) in [6.45, 7) is 1.08. The number of pyridine rings is 1. The van der Waals surface area contributed by atoms with E-state index in [4.69, 9.17) is 4.74 Å². The molecule has 0 unspecified atom stereocenters. The minimum atomic E-state index is -4.84. The summed E-state index contributed by atoms with van der Waals surface area (Å²) in [6.07, 6.45) is -4.84. The molecule has 7 heteroatoms. The van der Waals surface area contributed by atoms with Crippen molar-refractivity contribution in [2.24, 2.45) is 0 Å². The summed E-state index contributed by atoms with van der Waals surface area (Å²) < 4.78 is 43.4. The molecule has 4 nitrogen and oxygen atoms in total. The van der Waals surface area contributed by atoms with Crippen LogP contribution in [0.2, 0.25) is 0 Å². The third-order valence-electron chi connectivity index (χ3n) is 2.79. The van der Waals surface area contributed by atoms with Crippen LogP contribution in [0.15, 0.2) is 18.2 Å². The van der Waals surface area contributed by atoms with Crippen LogP contribution in [-0.2, 0) is 6.18 Å². The fourth-order valence-corrected chi connectivity index (χ4v) is 1.91. The van der Waals surface area contributed by atoms with E-state index in [-0.39, 0.29) is 10.9 Å². The smallest absolute Gasteiger partial charge is 0.437 e. The summed E-state index contributed by atoms with van der Waals surface area (Å²) in [7, 11) is 1.38. The van der Waals surface area contributed by atoms with Crippen LogP contribution in [0.3, 0.4) is 0 Å². The first-order valence-electron chi connectivity index (χ1n) is 5.54. The first-order chi connectivity index (χ1) is 9.25. The van der Waals surface area contributed by atoms with Crippen LogP contribution in [0, 0.1) is 0 Å². The number of ketones is 1. The lowest BCUT2D eigenvalue weighted by Gasteiger charge is -2.13. The zero-order valence-corrected chi connectivity index (χ0v) is 10.6. The molecule has 1 aromatic heterocycles. The van der Waals surface area contributed by atoms with Gasteiger partial charge in [-0.25, -0.2) is 4.98 Å². The van der Waals surface area contributed by atoms with Crippen molar-refractivity contribution >= 4 is 16.7 Å². The van der Waals surface area contributed by atoms with Gasteiger partial charge in [0.05, 0.1) is 18.2 Å². The molecule has 0 bridgehead atoms. The number of carbonyl (C=O) groups excluding carboxylic acids is 1. The van der Waals surface area contributed by atoms with Gasteiger partial charge in [-0.3, -0.25) is 4.79 Å². The van der Waals surface area contributed by atoms with Crippen molar-refractivity contribution in [3.05, 3.63) is 29.5 Å². The van der Waals surface area contributed by atoms with Crippen molar-refractivity contribution < 1.29 is 27.8 Å². The van der Waals surface area contributed by atoms with E-state index in [0.717, 1.165) is 6.92 Å². The van der Waals surface area contributed by atoms with Gasteiger partial charge < -0.3 is 9.84 Å². The maximum Gasteiger partial charge on any atom is 0.437 e. The van der Waals surface area contributed by atoms with Crippen LogP contribution in [0.4, 0.5) is 13.2 Å². The van der Waals surface area contributed by atoms with Gasteiger partial charge in [0, 0.05) is 5.39 Å². The molecule has 0 aliphatic heterocycles. The molecule has 0 aliphatic carbocycles. The first kappa shape index (κ1) is 14.1. The molecule has 0 spiro atoms. The highest BCUT2D eigenvalue weighted by Crippen LogP contribution is 2.39. The van der Waals surface area contributed by atoms with E-state index in [1.165, 1.54) is 25.3 Å². The number of Topliss-reactive ketones (excluding diaryl/α,β-unsaturated/α-hetero) is 1. The van der Waals surface area contributed by atoms with Gasteiger partial charge in [-0.2, -0.15) is 13.2 Å². The average molecular weight is 285 g/mol. The zero-order valence-electron chi connectivity index (χ0n) is 10.6. The number of hydrogen-bond donors (Lipinski definition) is 1. The molecule has 2 aromatic rings. The number of rotatable bonds is 2. The Balaban J connectivity index is 2.91. The highest BCUT2D eigenvalue weighted by molar-refractivity contribution is 6.09. The van der Waals surface area contributed by atoms with Crippen molar-refractivity contribution in [3.8, 4) is 11.5 Å². The lowest BCUT2D eigenvalue weighted by Crippen LogP contribution is -2.11. The summed E-state index contributed by atoms with van der Waals surface area (Å²) >= 11 is 0. The summed E-state index contributed by atoms with van der Waals surface area (Å²) in [5.74, 6) is -1.50. The minimum absolute atomic E-state index is 0.0406.